The summed E-state index contributed by atoms with van der Waals surface area (Å²) in [5, 5.41) is 12.0. The van der Waals surface area contributed by atoms with Crippen molar-refractivity contribution in [1.29, 1.82) is 0 Å². The Morgan fingerprint density at radius 3 is 1.02 bits per heavy atom. The van der Waals surface area contributed by atoms with Gasteiger partial charge in [0.05, 0.1) is 0 Å². The second-order valence-corrected chi connectivity index (χ2v) is 16.8. The minimum atomic E-state index is -1.01. The summed E-state index contributed by atoms with van der Waals surface area (Å²) in [6.45, 7) is 0. The van der Waals surface area contributed by atoms with Crippen LogP contribution < -0.4 is 54.8 Å². The number of nitrogen functional groups attached to an aromatic ring is 4. The van der Waals surface area contributed by atoms with Gasteiger partial charge in [-0.2, -0.15) is 0 Å². The van der Waals surface area contributed by atoms with E-state index in [1.54, 1.807) is 0 Å². The van der Waals surface area contributed by atoms with Gasteiger partial charge in [0.25, 0.3) is 0 Å². The summed E-state index contributed by atoms with van der Waals surface area (Å²) < 4.78 is 0. The van der Waals surface area contributed by atoms with Crippen LogP contribution in [-0.2, 0) is 0 Å². The van der Waals surface area contributed by atoms with Crippen molar-refractivity contribution in [3.63, 3.8) is 0 Å². The van der Waals surface area contributed by atoms with E-state index in [4.69, 9.17) is 22.9 Å². The first-order chi connectivity index (χ1) is 24.4. The Labute approximate surface area is 294 Å². The van der Waals surface area contributed by atoms with Gasteiger partial charge in [0.1, 0.15) is 0 Å². The maximum Gasteiger partial charge on any atom is 0.0320 e. The van der Waals surface area contributed by atoms with Crippen LogP contribution in [-0.4, -0.2) is 0 Å². The Morgan fingerprint density at radius 1 is 0.300 bits per heavy atom. The minimum absolute atomic E-state index is 0.736. The molecule has 242 valence electrons. The van der Waals surface area contributed by atoms with Crippen LogP contribution in [0.5, 0.6) is 0 Å². The van der Waals surface area contributed by atoms with E-state index in [0.29, 0.717) is 0 Å². The van der Waals surface area contributed by atoms with Crippen LogP contribution in [0.2, 0.25) is 0 Å². The van der Waals surface area contributed by atoms with Crippen molar-refractivity contribution in [2.24, 2.45) is 0 Å². The molecule has 0 fully saturated rings. The zero-order chi connectivity index (χ0) is 34.2. The summed E-state index contributed by atoms with van der Waals surface area (Å²) in [7, 11) is -2.02. The number of hydrogen-bond acceptors (Lipinski definition) is 4. The smallest absolute Gasteiger partial charge is 0.0320 e. The van der Waals surface area contributed by atoms with E-state index in [-0.39, 0.29) is 0 Å². The third-order valence-electron chi connectivity index (χ3n) is 9.11. The molecule has 8 N–H and O–H groups in total. The van der Waals surface area contributed by atoms with E-state index in [1.807, 2.05) is 36.4 Å². The molecule has 4 nitrogen and oxygen atoms in total. The first kappa shape index (κ1) is 31.6. The van der Waals surface area contributed by atoms with E-state index in [2.05, 4.69) is 133 Å². The molecular formula is C44H36N4P2. The SMILES string of the molecule is Nc1ccc(P(c2ccccc2)c2ccc3cc(N)ccc3c2-c2c(P(c3ccccc3)c3ccc(N)cc3)ccc3cc(N)ccc23)cc1. The van der Waals surface area contributed by atoms with E-state index in [1.165, 1.54) is 43.0 Å². The first-order valence-corrected chi connectivity index (χ1v) is 19.2. The van der Waals surface area contributed by atoms with Crippen molar-refractivity contribution in [3.8, 4) is 11.1 Å². The van der Waals surface area contributed by atoms with E-state index >= 15 is 0 Å². The summed E-state index contributed by atoms with van der Waals surface area (Å²) in [4.78, 5) is 0. The molecule has 8 aromatic rings. The van der Waals surface area contributed by atoms with Crippen LogP contribution in [0.4, 0.5) is 22.7 Å². The number of hydrogen-bond donors (Lipinski definition) is 4. The molecule has 50 heavy (non-hydrogen) atoms. The quantitative estimate of drug-likeness (QED) is 0.103. The Kier molecular flexibility index (Phi) is 8.43. The van der Waals surface area contributed by atoms with Crippen molar-refractivity contribution in [2.75, 3.05) is 22.9 Å². The van der Waals surface area contributed by atoms with E-state index in [0.717, 1.165) is 44.3 Å². The molecule has 2 unspecified atom stereocenters. The molecule has 0 aliphatic heterocycles. The molecule has 8 aromatic carbocycles. The van der Waals surface area contributed by atoms with Crippen LogP contribution in [0.15, 0.2) is 170 Å². The second-order valence-electron chi connectivity index (χ2n) is 12.4. The average molecular weight is 683 g/mol. The Balaban J connectivity index is 1.54. The van der Waals surface area contributed by atoms with E-state index < -0.39 is 15.8 Å². The van der Waals surface area contributed by atoms with Gasteiger partial charge in [0.2, 0.25) is 0 Å². The molecule has 6 heteroatoms. The highest BCUT2D eigenvalue weighted by atomic mass is 31.1. The Hall–Kier alpha value is -5.66. The van der Waals surface area contributed by atoms with Crippen molar-refractivity contribution in [1.82, 2.24) is 0 Å². The van der Waals surface area contributed by atoms with Gasteiger partial charge in [-0.3, -0.25) is 0 Å². The number of rotatable bonds is 7. The maximum absolute atomic E-state index is 6.43. The second kappa shape index (κ2) is 13.3. The third-order valence-corrected chi connectivity index (χ3v) is 14.1. The molecule has 8 rings (SSSR count). The van der Waals surface area contributed by atoms with Crippen molar-refractivity contribution >= 4 is 92.0 Å². The molecule has 0 saturated carbocycles. The van der Waals surface area contributed by atoms with Crippen LogP contribution in [0.1, 0.15) is 0 Å². The molecule has 0 heterocycles. The van der Waals surface area contributed by atoms with Gasteiger partial charge in [0.15, 0.2) is 0 Å². The van der Waals surface area contributed by atoms with Crippen molar-refractivity contribution < 1.29 is 0 Å². The summed E-state index contributed by atoms with van der Waals surface area (Å²) >= 11 is 0. The van der Waals surface area contributed by atoms with Crippen LogP contribution >= 0.6 is 15.8 Å². The summed E-state index contributed by atoms with van der Waals surface area (Å²) in [6.07, 6.45) is 0. The first-order valence-electron chi connectivity index (χ1n) is 16.5. The highest BCUT2D eigenvalue weighted by Crippen LogP contribution is 2.46. The van der Waals surface area contributed by atoms with Gasteiger partial charge in [0, 0.05) is 22.7 Å². The molecule has 2 atom stereocenters. The fraction of sp³-hybridized carbons (Fsp3) is 0. The number of benzene rings is 8. The van der Waals surface area contributed by atoms with Gasteiger partial charge < -0.3 is 22.9 Å². The predicted molar refractivity (Wildman–Crippen MR) is 222 cm³/mol. The van der Waals surface area contributed by atoms with Crippen molar-refractivity contribution in [2.45, 2.75) is 0 Å². The molecule has 0 aromatic heterocycles. The predicted octanol–water partition coefficient (Wildman–Crippen LogP) is 7.51. The zero-order valence-electron chi connectivity index (χ0n) is 27.4. The van der Waals surface area contributed by atoms with Gasteiger partial charge in [-0.05, 0) is 129 Å². The van der Waals surface area contributed by atoms with Crippen LogP contribution in [0, 0.1) is 0 Å². The standard InChI is InChI=1S/C44H36N4P2/c45-31-13-19-37(20-14-31)49(35-7-3-1-4-8-35)41-25-11-29-27-33(47)17-23-39(29)43(41)44-40-24-18-34(48)28-30(40)12-26-42(44)50(36-9-5-2-6-10-36)38-21-15-32(46)16-22-38/h1-28H,45-48H2. The molecular weight excluding hydrogens is 646 g/mol. The molecule has 0 bridgehead atoms. The van der Waals surface area contributed by atoms with Gasteiger partial charge in [-0.1, -0.05) is 121 Å². The molecule has 0 radical (unpaired) electrons. The van der Waals surface area contributed by atoms with Gasteiger partial charge >= 0.3 is 0 Å². The van der Waals surface area contributed by atoms with Crippen LogP contribution in [0.25, 0.3) is 32.7 Å². The zero-order valence-corrected chi connectivity index (χ0v) is 29.2. The van der Waals surface area contributed by atoms with Crippen LogP contribution in [0.3, 0.4) is 0 Å². The number of anilines is 4. The third kappa shape index (κ3) is 5.94. The molecule has 0 aliphatic rings. The molecule has 0 aliphatic carbocycles. The lowest BCUT2D eigenvalue weighted by molar-refractivity contribution is 1.70. The highest BCUT2D eigenvalue weighted by Gasteiger charge is 2.28. The Morgan fingerprint density at radius 2 is 0.640 bits per heavy atom. The maximum atomic E-state index is 6.43. The highest BCUT2D eigenvalue weighted by molar-refractivity contribution is 7.80. The molecule has 0 saturated heterocycles. The fourth-order valence-corrected chi connectivity index (χ4v) is 11.7. The largest absolute Gasteiger partial charge is 0.399 e. The summed E-state index contributed by atoms with van der Waals surface area (Å²) in [5.74, 6) is 0. The summed E-state index contributed by atoms with van der Waals surface area (Å²) in [5.41, 5.74) is 30.7. The number of fused-ring (bicyclic) bond motifs is 2. The normalized spacial score (nSPS) is 12.6. The lowest BCUT2D eigenvalue weighted by Crippen LogP contribution is -2.26. The summed E-state index contributed by atoms with van der Waals surface area (Å²) in [6, 6.07) is 60.1. The molecule has 0 spiro atoms. The van der Waals surface area contributed by atoms with Gasteiger partial charge in [-0.15, -0.1) is 0 Å². The number of nitrogens with two attached hydrogens (primary N) is 4. The monoisotopic (exact) mass is 682 g/mol. The Bertz CT molecular complexity index is 2290. The van der Waals surface area contributed by atoms with Crippen molar-refractivity contribution in [3.05, 3.63) is 170 Å². The topological polar surface area (TPSA) is 104 Å². The molecule has 0 amide bonds. The lowest BCUT2D eigenvalue weighted by Gasteiger charge is -2.28. The fourth-order valence-electron chi connectivity index (χ4n) is 6.83. The van der Waals surface area contributed by atoms with Gasteiger partial charge in [-0.25, -0.2) is 0 Å². The van der Waals surface area contributed by atoms with E-state index in [9.17, 15) is 0 Å². The minimum Gasteiger partial charge on any atom is -0.399 e. The lowest BCUT2D eigenvalue weighted by atomic mass is 9.93. The average Bonchev–Trinajstić information content (AvgIpc) is 3.14.